The molecule has 0 spiro atoms. The quantitative estimate of drug-likeness (QED) is 0.620. The topological polar surface area (TPSA) is 9.72 Å². The van der Waals surface area contributed by atoms with Crippen LogP contribution >= 0.6 is 0 Å². The number of hydrogen-bond donors (Lipinski definition) is 0. The third-order valence-corrected chi connectivity index (χ3v) is 6.63. The number of likely N-dealkylation sites (N-methyl/N-ethyl adjacent to an activating group) is 1. The number of anilines is 1. The normalized spacial score (nSPS) is 17.3. The molecule has 5 rings (SSSR count). The van der Waals surface area contributed by atoms with Crippen LogP contribution in [0.2, 0.25) is 0 Å². The fraction of sp³-hybridized carbons (Fsp3) is 0.333. The van der Waals surface area contributed by atoms with Gasteiger partial charge < -0.3 is 9.80 Å². The molecule has 154 valence electrons. The van der Waals surface area contributed by atoms with Gasteiger partial charge in [-0.25, -0.2) is 0 Å². The van der Waals surface area contributed by atoms with Crippen LogP contribution < -0.4 is 4.90 Å². The van der Waals surface area contributed by atoms with Crippen LogP contribution in [-0.4, -0.2) is 49.6 Å². The zero-order valence-electron chi connectivity index (χ0n) is 17.9. The Kier molecular flexibility index (Phi) is 5.56. The predicted octanol–water partition coefficient (Wildman–Crippen LogP) is 4.66. The van der Waals surface area contributed by atoms with Crippen molar-refractivity contribution in [1.29, 1.82) is 0 Å². The van der Waals surface area contributed by atoms with E-state index >= 15 is 0 Å². The fourth-order valence-electron chi connectivity index (χ4n) is 4.79. The molecule has 3 nitrogen and oxygen atoms in total. The monoisotopic (exact) mass is 397 g/mol. The first-order valence-corrected chi connectivity index (χ1v) is 11.2. The van der Waals surface area contributed by atoms with Crippen LogP contribution in [0.4, 0.5) is 5.69 Å². The summed E-state index contributed by atoms with van der Waals surface area (Å²) in [7, 11) is 2.22. The van der Waals surface area contributed by atoms with Gasteiger partial charge in [0.05, 0.1) is 0 Å². The molecule has 0 saturated carbocycles. The van der Waals surface area contributed by atoms with Crippen LogP contribution in [0.5, 0.6) is 0 Å². The molecular formula is C27H31N3. The summed E-state index contributed by atoms with van der Waals surface area (Å²) in [5, 5.41) is 0. The van der Waals surface area contributed by atoms with E-state index in [2.05, 4.69) is 94.5 Å². The van der Waals surface area contributed by atoms with Crippen LogP contribution in [0.3, 0.4) is 0 Å². The Hall–Kier alpha value is -2.62. The molecule has 0 atom stereocenters. The minimum atomic E-state index is 1.06. The number of hydrogen-bond acceptors (Lipinski definition) is 3. The zero-order valence-corrected chi connectivity index (χ0v) is 17.9. The predicted molar refractivity (Wildman–Crippen MR) is 126 cm³/mol. The van der Waals surface area contributed by atoms with Gasteiger partial charge in [-0.15, -0.1) is 0 Å². The number of para-hydroxylation sites is 1. The Morgan fingerprint density at radius 2 is 1.43 bits per heavy atom. The lowest BCUT2D eigenvalue weighted by Gasteiger charge is -2.35. The number of fused-ring (bicyclic) bond motifs is 1. The van der Waals surface area contributed by atoms with E-state index in [0.717, 1.165) is 52.2 Å². The highest BCUT2D eigenvalue weighted by atomic mass is 15.2. The van der Waals surface area contributed by atoms with Gasteiger partial charge in [0, 0.05) is 51.5 Å². The van der Waals surface area contributed by atoms with E-state index in [1.54, 1.807) is 0 Å². The van der Waals surface area contributed by atoms with Crippen LogP contribution in [0, 0.1) is 0 Å². The van der Waals surface area contributed by atoms with E-state index in [1.165, 1.54) is 33.5 Å². The van der Waals surface area contributed by atoms with Crippen molar-refractivity contribution in [2.24, 2.45) is 0 Å². The number of piperazine rings is 1. The van der Waals surface area contributed by atoms with Gasteiger partial charge in [-0.3, -0.25) is 4.90 Å². The summed E-state index contributed by atoms with van der Waals surface area (Å²) in [5.74, 6) is 0. The SMILES string of the molecule is CN1CCN(c2ccccc2CCN2Cc3ccc(-c4ccccc4)cc3C2)CC1. The summed E-state index contributed by atoms with van der Waals surface area (Å²) < 4.78 is 0. The molecule has 0 amide bonds. The minimum absolute atomic E-state index is 1.06. The second-order valence-corrected chi connectivity index (χ2v) is 8.73. The largest absolute Gasteiger partial charge is 0.369 e. The number of benzene rings is 3. The van der Waals surface area contributed by atoms with Gasteiger partial charge in [-0.1, -0.05) is 60.7 Å². The molecule has 30 heavy (non-hydrogen) atoms. The van der Waals surface area contributed by atoms with Gasteiger partial charge in [-0.2, -0.15) is 0 Å². The maximum absolute atomic E-state index is 2.60. The highest BCUT2D eigenvalue weighted by Gasteiger charge is 2.21. The minimum Gasteiger partial charge on any atom is -0.369 e. The highest BCUT2D eigenvalue weighted by Crippen LogP contribution is 2.29. The molecule has 0 aliphatic carbocycles. The Bertz CT molecular complexity index is 990. The summed E-state index contributed by atoms with van der Waals surface area (Å²) in [6.07, 6.45) is 1.11. The van der Waals surface area contributed by atoms with E-state index in [9.17, 15) is 0 Å². The lowest BCUT2D eigenvalue weighted by Crippen LogP contribution is -2.44. The first kappa shape index (κ1) is 19.3. The van der Waals surface area contributed by atoms with Crippen molar-refractivity contribution < 1.29 is 0 Å². The van der Waals surface area contributed by atoms with Crippen molar-refractivity contribution >= 4 is 5.69 Å². The van der Waals surface area contributed by atoms with Crippen LogP contribution in [-0.2, 0) is 19.5 Å². The zero-order chi connectivity index (χ0) is 20.3. The maximum Gasteiger partial charge on any atom is 0.0400 e. The fourth-order valence-corrected chi connectivity index (χ4v) is 4.79. The van der Waals surface area contributed by atoms with Crippen molar-refractivity contribution in [3.63, 3.8) is 0 Å². The Labute approximate surface area is 180 Å². The second-order valence-electron chi connectivity index (χ2n) is 8.73. The Morgan fingerprint density at radius 1 is 0.700 bits per heavy atom. The summed E-state index contributed by atoms with van der Waals surface area (Å²) in [5.41, 5.74) is 8.54. The van der Waals surface area contributed by atoms with E-state index in [0.29, 0.717) is 0 Å². The van der Waals surface area contributed by atoms with Crippen LogP contribution in [0.25, 0.3) is 11.1 Å². The van der Waals surface area contributed by atoms with Gasteiger partial charge in [0.15, 0.2) is 0 Å². The molecule has 2 heterocycles. The average molecular weight is 398 g/mol. The molecule has 2 aliphatic heterocycles. The third-order valence-electron chi connectivity index (χ3n) is 6.63. The summed E-state index contributed by atoms with van der Waals surface area (Å²) in [6.45, 7) is 7.81. The maximum atomic E-state index is 2.60. The average Bonchev–Trinajstić information content (AvgIpc) is 3.21. The Balaban J connectivity index is 1.25. The van der Waals surface area contributed by atoms with Gasteiger partial charge in [0.2, 0.25) is 0 Å². The first-order chi connectivity index (χ1) is 14.8. The van der Waals surface area contributed by atoms with E-state index in [-0.39, 0.29) is 0 Å². The molecule has 0 unspecified atom stereocenters. The standard InChI is InChI=1S/C27H31N3/c1-28-15-17-30(18-16-28)27-10-6-5-9-23(27)13-14-29-20-25-12-11-24(19-26(25)21-29)22-7-3-2-4-8-22/h2-12,19H,13-18,20-21H2,1H3. The van der Waals surface area contributed by atoms with Crippen LogP contribution in [0.15, 0.2) is 72.8 Å². The molecule has 1 saturated heterocycles. The number of rotatable bonds is 5. The van der Waals surface area contributed by atoms with E-state index in [1.807, 2.05) is 0 Å². The summed E-state index contributed by atoms with van der Waals surface area (Å²) in [4.78, 5) is 7.59. The third kappa shape index (κ3) is 4.14. The van der Waals surface area contributed by atoms with Crippen molar-refractivity contribution in [2.45, 2.75) is 19.5 Å². The lowest BCUT2D eigenvalue weighted by atomic mass is 10.0. The van der Waals surface area contributed by atoms with E-state index < -0.39 is 0 Å². The van der Waals surface area contributed by atoms with Crippen molar-refractivity contribution in [1.82, 2.24) is 9.80 Å². The van der Waals surface area contributed by atoms with Gasteiger partial charge >= 0.3 is 0 Å². The molecule has 2 aliphatic rings. The molecule has 3 aromatic carbocycles. The molecule has 0 radical (unpaired) electrons. The first-order valence-electron chi connectivity index (χ1n) is 11.2. The molecular weight excluding hydrogens is 366 g/mol. The van der Waals surface area contributed by atoms with Crippen molar-refractivity contribution in [3.8, 4) is 11.1 Å². The van der Waals surface area contributed by atoms with Crippen LogP contribution in [0.1, 0.15) is 16.7 Å². The van der Waals surface area contributed by atoms with E-state index in [4.69, 9.17) is 0 Å². The Morgan fingerprint density at radius 3 is 2.27 bits per heavy atom. The molecule has 0 N–H and O–H groups in total. The van der Waals surface area contributed by atoms with Gasteiger partial charge in [0.25, 0.3) is 0 Å². The molecule has 0 bridgehead atoms. The molecule has 0 aromatic heterocycles. The second kappa shape index (κ2) is 8.63. The van der Waals surface area contributed by atoms with Crippen molar-refractivity contribution in [3.05, 3.63) is 89.5 Å². The molecule has 3 heteroatoms. The van der Waals surface area contributed by atoms with Crippen molar-refractivity contribution in [2.75, 3.05) is 44.7 Å². The molecule has 1 fully saturated rings. The summed E-state index contributed by atoms with van der Waals surface area (Å²) >= 11 is 0. The lowest BCUT2D eigenvalue weighted by molar-refractivity contribution is 0.287. The highest BCUT2D eigenvalue weighted by molar-refractivity contribution is 5.65. The number of nitrogens with zero attached hydrogens (tertiary/aromatic N) is 3. The smallest absolute Gasteiger partial charge is 0.0400 e. The summed E-state index contributed by atoms with van der Waals surface area (Å²) in [6, 6.07) is 26.7. The van der Waals surface area contributed by atoms with Gasteiger partial charge in [-0.05, 0) is 53.4 Å². The molecule has 3 aromatic rings. The van der Waals surface area contributed by atoms with Gasteiger partial charge in [0.1, 0.15) is 0 Å².